The molecule has 156 valence electrons. The highest BCUT2D eigenvalue weighted by molar-refractivity contribution is 7.22. The number of fused-ring (bicyclic) bond motifs is 1. The number of carbonyl (C=O) groups excluding carboxylic acids is 1. The summed E-state index contributed by atoms with van der Waals surface area (Å²) < 4.78 is 1.23. The summed E-state index contributed by atoms with van der Waals surface area (Å²) in [5.41, 5.74) is 3.19. The molecule has 1 aliphatic rings. The molecule has 5 rings (SSSR count). The van der Waals surface area contributed by atoms with Crippen molar-refractivity contribution in [1.82, 2.24) is 9.88 Å². The van der Waals surface area contributed by atoms with E-state index in [4.69, 9.17) is 4.98 Å². The Balaban J connectivity index is 1.27. The lowest BCUT2D eigenvalue weighted by Crippen LogP contribution is -2.48. The molecule has 0 atom stereocenters. The van der Waals surface area contributed by atoms with Gasteiger partial charge in [-0.05, 0) is 23.3 Å². The van der Waals surface area contributed by atoms with E-state index in [0.29, 0.717) is 6.54 Å². The molecule has 0 bridgehead atoms. The van der Waals surface area contributed by atoms with Gasteiger partial charge >= 0.3 is 0 Å². The second-order valence-electron chi connectivity index (χ2n) is 7.95. The fourth-order valence-corrected chi connectivity index (χ4v) is 5.28. The van der Waals surface area contributed by atoms with Crippen LogP contribution in [0.1, 0.15) is 17.0 Å². The molecule has 0 amide bonds. The van der Waals surface area contributed by atoms with E-state index in [1.54, 1.807) is 11.3 Å². The van der Waals surface area contributed by atoms with Gasteiger partial charge in [0.15, 0.2) is 10.9 Å². The summed E-state index contributed by atoms with van der Waals surface area (Å²) in [5.74, 6) is 0.0375. The van der Waals surface area contributed by atoms with Gasteiger partial charge < -0.3 is 4.90 Å². The molecule has 0 aliphatic carbocycles. The number of ketones is 1. The second kappa shape index (κ2) is 9.00. The number of thiazole rings is 1. The van der Waals surface area contributed by atoms with Gasteiger partial charge in [-0.3, -0.25) is 9.69 Å². The lowest BCUT2D eigenvalue weighted by Gasteiger charge is -2.34. The number of rotatable bonds is 6. The predicted octanol–water partition coefficient (Wildman–Crippen LogP) is 4.82. The van der Waals surface area contributed by atoms with Gasteiger partial charge in [-0.2, -0.15) is 0 Å². The smallest absolute Gasteiger partial charge is 0.186 e. The minimum atomic E-state index is -0.218. The lowest BCUT2D eigenvalue weighted by molar-refractivity contribution is -0.120. The van der Waals surface area contributed by atoms with Gasteiger partial charge in [-0.25, -0.2) is 4.98 Å². The Morgan fingerprint density at radius 3 is 2.00 bits per heavy atom. The molecule has 0 spiro atoms. The van der Waals surface area contributed by atoms with Crippen LogP contribution in [0, 0.1) is 0 Å². The number of anilines is 1. The lowest BCUT2D eigenvalue weighted by atomic mass is 9.87. The van der Waals surface area contributed by atoms with Gasteiger partial charge in [-0.15, -0.1) is 0 Å². The van der Waals surface area contributed by atoms with E-state index in [1.807, 2.05) is 42.5 Å². The van der Waals surface area contributed by atoms with Crippen molar-refractivity contribution in [3.8, 4) is 0 Å². The maximum atomic E-state index is 13.4. The molecule has 1 aliphatic heterocycles. The van der Waals surface area contributed by atoms with Crippen molar-refractivity contribution in [3.63, 3.8) is 0 Å². The van der Waals surface area contributed by atoms with Crippen molar-refractivity contribution in [3.05, 3.63) is 96.1 Å². The molecule has 5 heteroatoms. The highest BCUT2D eigenvalue weighted by Crippen LogP contribution is 2.30. The van der Waals surface area contributed by atoms with E-state index in [-0.39, 0.29) is 11.7 Å². The van der Waals surface area contributed by atoms with Gasteiger partial charge in [0.2, 0.25) is 0 Å². The summed E-state index contributed by atoms with van der Waals surface area (Å²) in [7, 11) is 0. The average molecular weight is 428 g/mol. The molecule has 0 N–H and O–H groups in total. The van der Waals surface area contributed by atoms with Crippen LogP contribution in [0.5, 0.6) is 0 Å². The van der Waals surface area contributed by atoms with E-state index in [1.165, 1.54) is 4.70 Å². The fourth-order valence-electron chi connectivity index (χ4n) is 4.26. The third kappa shape index (κ3) is 4.38. The predicted molar refractivity (Wildman–Crippen MR) is 128 cm³/mol. The Kier molecular flexibility index (Phi) is 5.78. The molecule has 0 radical (unpaired) electrons. The van der Waals surface area contributed by atoms with Crippen LogP contribution in [0.4, 0.5) is 5.13 Å². The molecule has 0 unspecified atom stereocenters. The fraction of sp³-hybridized carbons (Fsp3) is 0.231. The van der Waals surface area contributed by atoms with Crippen molar-refractivity contribution < 1.29 is 4.79 Å². The number of Topliss-reactive ketones (excluding diaryl/α,β-unsaturated/α-hetero) is 1. The number of hydrogen-bond donors (Lipinski definition) is 0. The molecular weight excluding hydrogens is 402 g/mol. The van der Waals surface area contributed by atoms with E-state index < -0.39 is 0 Å². The molecule has 4 nitrogen and oxygen atoms in total. The molecule has 1 aromatic heterocycles. The largest absolute Gasteiger partial charge is 0.345 e. The normalized spacial score (nSPS) is 14.9. The first-order valence-electron chi connectivity index (χ1n) is 10.7. The summed E-state index contributed by atoms with van der Waals surface area (Å²) in [4.78, 5) is 22.8. The second-order valence-corrected chi connectivity index (χ2v) is 8.96. The van der Waals surface area contributed by atoms with Crippen LogP contribution in [0.2, 0.25) is 0 Å². The Labute approximate surface area is 186 Å². The maximum Gasteiger partial charge on any atom is 0.186 e. The quantitative estimate of drug-likeness (QED) is 0.442. The summed E-state index contributed by atoms with van der Waals surface area (Å²) in [6.07, 6.45) is 0. The molecule has 3 aromatic carbocycles. The minimum Gasteiger partial charge on any atom is -0.345 e. The van der Waals surface area contributed by atoms with E-state index in [2.05, 4.69) is 52.3 Å². The third-order valence-electron chi connectivity index (χ3n) is 5.89. The number of nitrogens with zero attached hydrogens (tertiary/aromatic N) is 3. The summed E-state index contributed by atoms with van der Waals surface area (Å²) >= 11 is 1.75. The number of benzene rings is 3. The standard InChI is InChI=1S/C26H25N3OS/c30-23(25(20-9-3-1-4-10-20)21-11-5-2-6-12-21)19-28-15-17-29(18-16-28)26-27-22-13-7-8-14-24(22)31-26/h1-14,25H,15-19H2. The van der Waals surface area contributed by atoms with Crippen LogP contribution in [0.25, 0.3) is 10.2 Å². The Hall–Kier alpha value is -3.02. The van der Waals surface area contributed by atoms with Gasteiger partial charge in [0, 0.05) is 26.2 Å². The zero-order chi connectivity index (χ0) is 21.0. The summed E-state index contributed by atoms with van der Waals surface area (Å²) in [5, 5.41) is 1.08. The van der Waals surface area contributed by atoms with Gasteiger partial charge in [0.1, 0.15) is 0 Å². The number of carbonyl (C=O) groups is 1. The van der Waals surface area contributed by atoms with Crippen LogP contribution in [-0.2, 0) is 4.79 Å². The van der Waals surface area contributed by atoms with Gasteiger partial charge in [-0.1, -0.05) is 84.1 Å². The summed E-state index contributed by atoms with van der Waals surface area (Å²) in [6, 6.07) is 28.5. The molecule has 0 saturated carbocycles. The van der Waals surface area contributed by atoms with Crippen molar-refractivity contribution >= 4 is 32.5 Å². The first kappa shape index (κ1) is 19.9. The van der Waals surface area contributed by atoms with Crippen LogP contribution < -0.4 is 4.90 Å². The van der Waals surface area contributed by atoms with Crippen LogP contribution in [0.15, 0.2) is 84.9 Å². The average Bonchev–Trinajstić information content (AvgIpc) is 3.25. The highest BCUT2D eigenvalue weighted by Gasteiger charge is 2.27. The number of aromatic nitrogens is 1. The third-order valence-corrected chi connectivity index (χ3v) is 6.99. The topological polar surface area (TPSA) is 36.4 Å². The first-order chi connectivity index (χ1) is 15.3. The molecule has 2 heterocycles. The van der Waals surface area contributed by atoms with Crippen LogP contribution >= 0.6 is 11.3 Å². The van der Waals surface area contributed by atoms with E-state index >= 15 is 0 Å². The van der Waals surface area contributed by atoms with Crippen molar-refractivity contribution in [1.29, 1.82) is 0 Å². The molecule has 31 heavy (non-hydrogen) atoms. The van der Waals surface area contributed by atoms with E-state index in [0.717, 1.165) is 48.0 Å². The summed E-state index contributed by atoms with van der Waals surface area (Å²) in [6.45, 7) is 4.01. The molecule has 1 fully saturated rings. The minimum absolute atomic E-state index is 0.218. The highest BCUT2D eigenvalue weighted by atomic mass is 32.1. The first-order valence-corrected chi connectivity index (χ1v) is 11.5. The van der Waals surface area contributed by atoms with Crippen molar-refractivity contribution in [2.75, 3.05) is 37.6 Å². The SMILES string of the molecule is O=C(CN1CCN(c2nc3ccccc3s2)CC1)C(c1ccccc1)c1ccccc1. The molecule has 4 aromatic rings. The van der Waals surface area contributed by atoms with Crippen molar-refractivity contribution in [2.24, 2.45) is 0 Å². The molecular formula is C26H25N3OS. The monoisotopic (exact) mass is 427 g/mol. The Morgan fingerprint density at radius 2 is 1.39 bits per heavy atom. The number of para-hydroxylation sites is 1. The van der Waals surface area contributed by atoms with Crippen LogP contribution in [0.3, 0.4) is 0 Å². The maximum absolute atomic E-state index is 13.4. The van der Waals surface area contributed by atoms with Gasteiger partial charge in [0.05, 0.1) is 22.7 Å². The Morgan fingerprint density at radius 1 is 0.806 bits per heavy atom. The zero-order valence-corrected chi connectivity index (χ0v) is 18.2. The van der Waals surface area contributed by atoms with E-state index in [9.17, 15) is 4.79 Å². The zero-order valence-electron chi connectivity index (χ0n) is 17.4. The van der Waals surface area contributed by atoms with Crippen molar-refractivity contribution in [2.45, 2.75) is 5.92 Å². The number of piperazine rings is 1. The van der Waals surface area contributed by atoms with Gasteiger partial charge in [0.25, 0.3) is 0 Å². The Bertz CT molecular complexity index is 1080. The van der Waals surface area contributed by atoms with Crippen LogP contribution in [-0.4, -0.2) is 48.4 Å². The molecule has 1 saturated heterocycles. The number of hydrogen-bond acceptors (Lipinski definition) is 5.